The molecular formula is C15H17Cl3N2O. The number of halogens is 3. The molecule has 0 bridgehead atoms. The summed E-state index contributed by atoms with van der Waals surface area (Å²) in [6, 6.07) is 3.68. The maximum Gasteiger partial charge on any atom is 0.127 e. The summed E-state index contributed by atoms with van der Waals surface area (Å²) in [5.41, 5.74) is 1.83. The van der Waals surface area contributed by atoms with E-state index in [9.17, 15) is 0 Å². The van der Waals surface area contributed by atoms with Crippen molar-refractivity contribution in [2.45, 2.75) is 31.7 Å². The minimum atomic E-state index is -0.158. The molecule has 3 nitrogen and oxygen atoms in total. The highest BCUT2D eigenvalue weighted by Crippen LogP contribution is 2.32. The van der Waals surface area contributed by atoms with Crippen LogP contribution in [0.5, 0.6) is 0 Å². The topological polar surface area (TPSA) is 27.1 Å². The molecule has 0 amide bonds. The normalized spacial score (nSPS) is 20.3. The van der Waals surface area contributed by atoms with Crippen molar-refractivity contribution in [2.24, 2.45) is 5.92 Å². The Labute approximate surface area is 139 Å². The van der Waals surface area contributed by atoms with Gasteiger partial charge in [-0.15, -0.1) is 11.6 Å². The molecule has 1 saturated heterocycles. The Morgan fingerprint density at radius 2 is 2.14 bits per heavy atom. The lowest BCUT2D eigenvalue weighted by atomic mass is 10.1. The third-order valence-electron chi connectivity index (χ3n) is 3.96. The van der Waals surface area contributed by atoms with E-state index in [0.29, 0.717) is 16.0 Å². The van der Waals surface area contributed by atoms with Gasteiger partial charge in [0.1, 0.15) is 5.82 Å². The molecule has 1 aliphatic heterocycles. The molecule has 3 rings (SSSR count). The predicted molar refractivity (Wildman–Crippen MR) is 87.6 cm³/mol. The number of aryl methyl sites for hydroxylation is 1. The fourth-order valence-corrected chi connectivity index (χ4v) is 3.28. The molecule has 0 spiro atoms. The average molecular weight is 348 g/mol. The van der Waals surface area contributed by atoms with Gasteiger partial charge < -0.3 is 9.30 Å². The van der Waals surface area contributed by atoms with Gasteiger partial charge in [-0.2, -0.15) is 0 Å². The third kappa shape index (κ3) is 3.16. The van der Waals surface area contributed by atoms with Crippen molar-refractivity contribution in [2.75, 3.05) is 13.2 Å². The van der Waals surface area contributed by atoms with Crippen molar-refractivity contribution in [1.82, 2.24) is 9.55 Å². The van der Waals surface area contributed by atoms with Crippen molar-refractivity contribution >= 4 is 45.8 Å². The first-order chi connectivity index (χ1) is 10.1. The highest BCUT2D eigenvalue weighted by molar-refractivity contribution is 6.42. The second kappa shape index (κ2) is 6.33. The molecule has 21 heavy (non-hydrogen) atoms. The summed E-state index contributed by atoms with van der Waals surface area (Å²) in [6.07, 6.45) is 2.19. The predicted octanol–water partition coefficient (Wildman–Crippen LogP) is 5.07. The molecule has 0 saturated carbocycles. The lowest BCUT2D eigenvalue weighted by molar-refractivity contribution is 0.183. The monoisotopic (exact) mass is 346 g/mol. The second-order valence-corrected chi connectivity index (χ2v) is 6.98. The van der Waals surface area contributed by atoms with Crippen LogP contribution < -0.4 is 0 Å². The fraction of sp³-hybridized carbons (Fsp3) is 0.533. The molecular weight excluding hydrogens is 331 g/mol. The van der Waals surface area contributed by atoms with E-state index in [2.05, 4.69) is 9.55 Å². The fourth-order valence-electron chi connectivity index (χ4n) is 2.80. The van der Waals surface area contributed by atoms with Gasteiger partial charge in [0.25, 0.3) is 0 Å². The summed E-state index contributed by atoms with van der Waals surface area (Å²) < 4.78 is 7.60. The molecule has 114 valence electrons. The number of fused-ring (bicyclic) bond motifs is 1. The Morgan fingerprint density at radius 3 is 2.81 bits per heavy atom. The smallest absolute Gasteiger partial charge is 0.127 e. The largest absolute Gasteiger partial charge is 0.381 e. The number of aromatic nitrogens is 2. The first kappa shape index (κ1) is 15.4. The van der Waals surface area contributed by atoms with Crippen LogP contribution >= 0.6 is 34.8 Å². The molecule has 1 aromatic heterocycles. The first-order valence-corrected chi connectivity index (χ1v) is 8.32. The van der Waals surface area contributed by atoms with Gasteiger partial charge in [0, 0.05) is 19.8 Å². The van der Waals surface area contributed by atoms with E-state index in [-0.39, 0.29) is 5.38 Å². The van der Waals surface area contributed by atoms with Crippen LogP contribution in [-0.2, 0) is 11.3 Å². The van der Waals surface area contributed by atoms with E-state index in [0.717, 1.165) is 49.5 Å². The summed E-state index contributed by atoms with van der Waals surface area (Å²) in [7, 11) is 0. The molecule has 1 aliphatic rings. The Hall–Kier alpha value is -0.480. The molecule has 0 radical (unpaired) electrons. The van der Waals surface area contributed by atoms with E-state index < -0.39 is 0 Å². The van der Waals surface area contributed by atoms with Gasteiger partial charge in [-0.25, -0.2) is 4.98 Å². The minimum Gasteiger partial charge on any atom is -0.381 e. The number of nitrogens with zero attached hydrogens (tertiary/aromatic N) is 2. The standard InChI is InChI=1S/C15H17Cl3N2O/c1-9(16)15-19-13-6-11(17)12(18)7-14(13)20(15)4-2-10-3-5-21-8-10/h6-7,9-10H,2-5,8H2,1H3. The first-order valence-electron chi connectivity index (χ1n) is 7.13. The van der Waals surface area contributed by atoms with Crippen LogP contribution in [0.25, 0.3) is 11.0 Å². The molecule has 2 heterocycles. The quantitative estimate of drug-likeness (QED) is 0.722. The summed E-state index contributed by atoms with van der Waals surface area (Å²) in [5, 5.41) is 0.907. The molecule has 2 unspecified atom stereocenters. The van der Waals surface area contributed by atoms with Crippen LogP contribution in [0.2, 0.25) is 10.0 Å². The minimum absolute atomic E-state index is 0.158. The number of benzene rings is 1. The highest BCUT2D eigenvalue weighted by atomic mass is 35.5. The molecule has 1 fully saturated rings. The van der Waals surface area contributed by atoms with Crippen LogP contribution in [0, 0.1) is 5.92 Å². The van der Waals surface area contributed by atoms with Crippen molar-refractivity contribution in [1.29, 1.82) is 0 Å². The maximum absolute atomic E-state index is 6.28. The Kier molecular flexibility index (Phi) is 4.65. The van der Waals surface area contributed by atoms with Crippen LogP contribution in [-0.4, -0.2) is 22.8 Å². The zero-order valence-corrected chi connectivity index (χ0v) is 14.0. The van der Waals surface area contributed by atoms with Crippen LogP contribution in [0.15, 0.2) is 12.1 Å². The highest BCUT2D eigenvalue weighted by Gasteiger charge is 2.20. The third-order valence-corrected chi connectivity index (χ3v) is 4.88. The average Bonchev–Trinajstić information content (AvgIpc) is 3.05. The summed E-state index contributed by atoms with van der Waals surface area (Å²) in [4.78, 5) is 4.62. The van der Waals surface area contributed by atoms with E-state index in [4.69, 9.17) is 39.5 Å². The number of imidazole rings is 1. The molecule has 0 N–H and O–H groups in total. The lowest BCUT2D eigenvalue weighted by Crippen LogP contribution is -2.09. The summed E-state index contributed by atoms with van der Waals surface area (Å²) in [5.74, 6) is 1.48. The second-order valence-electron chi connectivity index (χ2n) is 5.51. The summed E-state index contributed by atoms with van der Waals surface area (Å²) in [6.45, 7) is 4.52. The number of hydrogen-bond donors (Lipinski definition) is 0. The van der Waals surface area contributed by atoms with Crippen LogP contribution in [0.3, 0.4) is 0 Å². The maximum atomic E-state index is 6.28. The zero-order chi connectivity index (χ0) is 15.0. The van der Waals surface area contributed by atoms with E-state index >= 15 is 0 Å². The van der Waals surface area contributed by atoms with Crippen molar-refractivity contribution in [3.8, 4) is 0 Å². The van der Waals surface area contributed by atoms with Gasteiger partial charge in [0.2, 0.25) is 0 Å². The van der Waals surface area contributed by atoms with Gasteiger partial charge in [-0.3, -0.25) is 0 Å². The van der Waals surface area contributed by atoms with Crippen molar-refractivity contribution < 1.29 is 4.74 Å². The zero-order valence-electron chi connectivity index (χ0n) is 11.8. The Bertz CT molecular complexity index is 648. The Morgan fingerprint density at radius 1 is 1.38 bits per heavy atom. The molecule has 6 heteroatoms. The van der Waals surface area contributed by atoms with Crippen molar-refractivity contribution in [3.63, 3.8) is 0 Å². The van der Waals surface area contributed by atoms with Gasteiger partial charge in [0.15, 0.2) is 0 Å². The molecule has 2 aromatic rings. The van der Waals surface area contributed by atoms with Gasteiger partial charge in [-0.05, 0) is 37.8 Å². The number of alkyl halides is 1. The van der Waals surface area contributed by atoms with E-state index in [1.54, 1.807) is 6.07 Å². The number of rotatable bonds is 4. The van der Waals surface area contributed by atoms with Crippen LogP contribution in [0.4, 0.5) is 0 Å². The van der Waals surface area contributed by atoms with Gasteiger partial charge in [-0.1, -0.05) is 23.2 Å². The molecule has 0 aliphatic carbocycles. The van der Waals surface area contributed by atoms with E-state index in [1.807, 2.05) is 13.0 Å². The SMILES string of the molecule is CC(Cl)c1nc2cc(Cl)c(Cl)cc2n1CCC1CCOC1. The van der Waals surface area contributed by atoms with Crippen LogP contribution in [0.1, 0.15) is 31.0 Å². The number of hydrogen-bond acceptors (Lipinski definition) is 2. The van der Waals surface area contributed by atoms with Crippen molar-refractivity contribution in [3.05, 3.63) is 28.0 Å². The summed E-state index contributed by atoms with van der Waals surface area (Å²) >= 11 is 18.5. The van der Waals surface area contributed by atoms with E-state index in [1.165, 1.54) is 0 Å². The lowest BCUT2D eigenvalue weighted by Gasteiger charge is -2.13. The van der Waals surface area contributed by atoms with Gasteiger partial charge >= 0.3 is 0 Å². The molecule has 2 atom stereocenters. The Balaban J connectivity index is 1.96. The van der Waals surface area contributed by atoms with Gasteiger partial charge in [0.05, 0.1) is 26.5 Å². The molecule has 1 aromatic carbocycles. The number of ether oxygens (including phenoxy) is 1.